The predicted octanol–water partition coefficient (Wildman–Crippen LogP) is -3.44. The van der Waals surface area contributed by atoms with Crippen LogP contribution in [-0.2, 0) is 9.59 Å². The van der Waals surface area contributed by atoms with Gasteiger partial charge in [-0.25, -0.2) is 0 Å². The maximum absolute atomic E-state index is 11.2. The molecule has 0 aliphatic rings. The van der Waals surface area contributed by atoms with Crippen molar-refractivity contribution in [1.29, 1.82) is 0 Å². The molecule has 1 atom stereocenters. The molecule has 0 aliphatic heterocycles. The van der Waals surface area contributed by atoms with E-state index in [1.165, 1.54) is 6.92 Å². The van der Waals surface area contributed by atoms with Crippen LogP contribution in [0.15, 0.2) is 11.1 Å². The molecule has 0 heterocycles. The Hall–Kier alpha value is 2.29. The second-order valence-electron chi connectivity index (χ2n) is 3.72. The zero-order valence-electron chi connectivity index (χ0n) is 12.0. The molecule has 0 saturated heterocycles. The summed E-state index contributed by atoms with van der Waals surface area (Å²) in [6.07, 6.45) is 0. The summed E-state index contributed by atoms with van der Waals surface area (Å²) in [6.45, 7) is 8.93. The van der Waals surface area contributed by atoms with Gasteiger partial charge >= 0.3 is 116 Å². The molecule has 0 rings (SSSR count). The number of carbonyl (C=O) groups excluding carboxylic acids is 2. The van der Waals surface area contributed by atoms with Crippen molar-refractivity contribution in [2.75, 3.05) is 6.54 Å². The van der Waals surface area contributed by atoms with Gasteiger partial charge in [-0.15, -0.1) is 0 Å². The minimum atomic E-state index is -0.349. The molecule has 6 heteroatoms. The van der Waals surface area contributed by atoms with E-state index < -0.39 is 0 Å². The van der Waals surface area contributed by atoms with Crippen LogP contribution in [0, 0.1) is 0 Å². The predicted molar refractivity (Wildman–Crippen MR) is 60.8 cm³/mol. The van der Waals surface area contributed by atoms with Gasteiger partial charge in [0.25, 0.3) is 0 Å². The van der Waals surface area contributed by atoms with Crippen LogP contribution in [0.25, 0.3) is 10.6 Å². The quantitative estimate of drug-likeness (QED) is 0.476. The van der Waals surface area contributed by atoms with Crippen LogP contribution in [0.3, 0.4) is 0 Å². The summed E-state index contributed by atoms with van der Waals surface area (Å²) < 4.78 is 0. The average Bonchev–Trinajstić information content (AvgIpc) is 2.13. The van der Waals surface area contributed by atoms with E-state index in [1.807, 2.05) is 27.7 Å². The fourth-order valence-corrected chi connectivity index (χ4v) is 0.950. The summed E-state index contributed by atoms with van der Waals surface area (Å²) in [5.74, 6) is -0.691. The summed E-state index contributed by atoms with van der Waals surface area (Å²) in [6, 6.07) is -0.135. The summed E-state index contributed by atoms with van der Waals surface area (Å²) >= 11 is 0. The number of amides is 2. The largest absolute Gasteiger partial charge is 1.00 e. The zero-order chi connectivity index (χ0) is 12.0. The average molecular weight is 381 g/mol. The SMILES string of the molecule is CC(=O)[N-]CC(=O)[N-]C(C)C(C)=C(C)C.[Rb+].[Rb+]. The molecule has 0 radical (unpaired) electrons. The van der Waals surface area contributed by atoms with Crippen molar-refractivity contribution < 1.29 is 126 Å². The Morgan fingerprint density at radius 3 is 1.88 bits per heavy atom. The van der Waals surface area contributed by atoms with E-state index in [0.717, 1.165) is 11.1 Å². The molecule has 17 heavy (non-hydrogen) atoms. The third-order valence-electron chi connectivity index (χ3n) is 2.19. The number of hydrogen-bond donors (Lipinski definition) is 0. The van der Waals surface area contributed by atoms with Crippen molar-refractivity contribution >= 4 is 11.8 Å². The first-order valence-electron chi connectivity index (χ1n) is 4.90. The molecule has 0 fully saturated rings. The maximum Gasteiger partial charge on any atom is 1.00 e. The van der Waals surface area contributed by atoms with Crippen LogP contribution in [0.5, 0.6) is 0 Å². The van der Waals surface area contributed by atoms with Crippen LogP contribution in [-0.4, -0.2) is 24.4 Å². The van der Waals surface area contributed by atoms with E-state index in [9.17, 15) is 9.59 Å². The Labute approximate surface area is 202 Å². The molecule has 2 amide bonds. The van der Waals surface area contributed by atoms with Crippen molar-refractivity contribution in [2.45, 2.75) is 40.7 Å². The van der Waals surface area contributed by atoms with Gasteiger partial charge in [-0.05, 0) is 27.7 Å². The van der Waals surface area contributed by atoms with Gasteiger partial charge in [-0.2, -0.15) is 0 Å². The summed E-state index contributed by atoms with van der Waals surface area (Å²) in [7, 11) is 0. The van der Waals surface area contributed by atoms with Gasteiger partial charge < -0.3 is 20.2 Å². The molecular weight excluding hydrogens is 363 g/mol. The first kappa shape index (κ1) is 24.3. The van der Waals surface area contributed by atoms with Crippen LogP contribution < -0.4 is 116 Å². The third-order valence-corrected chi connectivity index (χ3v) is 2.19. The molecule has 0 bridgehead atoms. The first-order valence-corrected chi connectivity index (χ1v) is 4.90. The molecule has 1 unspecified atom stereocenters. The Morgan fingerprint density at radius 2 is 1.53 bits per heavy atom. The topological polar surface area (TPSA) is 62.3 Å². The maximum atomic E-state index is 11.2. The molecule has 0 saturated carbocycles. The van der Waals surface area contributed by atoms with Crippen molar-refractivity contribution in [2.24, 2.45) is 0 Å². The molecule has 4 nitrogen and oxygen atoms in total. The Kier molecular flexibility index (Phi) is 19.0. The van der Waals surface area contributed by atoms with Crippen LogP contribution in [0.4, 0.5) is 0 Å². The smallest absolute Gasteiger partial charge is 0.649 e. The van der Waals surface area contributed by atoms with Crippen LogP contribution >= 0.6 is 0 Å². The normalized spacial score (nSPS) is 10.2. The van der Waals surface area contributed by atoms with Gasteiger partial charge in [0.15, 0.2) is 0 Å². The van der Waals surface area contributed by atoms with E-state index in [-0.39, 0.29) is 141 Å². The number of rotatable bonds is 4. The van der Waals surface area contributed by atoms with Crippen molar-refractivity contribution in [3.8, 4) is 0 Å². The van der Waals surface area contributed by atoms with Crippen molar-refractivity contribution in [3.05, 3.63) is 21.8 Å². The Bertz CT molecular complexity index is 287. The fourth-order valence-electron chi connectivity index (χ4n) is 0.950. The molecule has 0 N–H and O–H groups in total. The van der Waals surface area contributed by atoms with Crippen molar-refractivity contribution in [1.82, 2.24) is 0 Å². The minimum Gasteiger partial charge on any atom is -0.649 e. The standard InChI is InChI=1S/C11H20N2O2.2Rb/c1-7(2)8(3)9(4)13-11(15)6-12-10(5)14;;/h9H,6H2,1-5H3,(H2,12,13,14,15);;/q;2*+1/p-2. The van der Waals surface area contributed by atoms with Gasteiger partial charge in [0.05, 0.1) is 0 Å². The molecule has 0 aliphatic carbocycles. The Morgan fingerprint density at radius 1 is 1.06 bits per heavy atom. The second-order valence-corrected chi connectivity index (χ2v) is 3.72. The second kappa shape index (κ2) is 13.3. The molecule has 0 spiro atoms. The molecular formula is C11H18N2O2Rb2. The molecule has 86 valence electrons. The summed E-state index contributed by atoms with van der Waals surface area (Å²) in [5, 5.41) is 7.41. The van der Waals surface area contributed by atoms with E-state index in [0.29, 0.717) is 0 Å². The third kappa shape index (κ3) is 13.0. The van der Waals surface area contributed by atoms with Gasteiger partial charge in [-0.3, -0.25) is 0 Å². The van der Waals surface area contributed by atoms with Gasteiger partial charge in [0.1, 0.15) is 0 Å². The summed E-state index contributed by atoms with van der Waals surface area (Å²) in [5.41, 5.74) is 2.23. The van der Waals surface area contributed by atoms with Gasteiger partial charge in [0.2, 0.25) is 0 Å². The van der Waals surface area contributed by atoms with Crippen LogP contribution in [0.2, 0.25) is 0 Å². The number of hydrogen-bond acceptors (Lipinski definition) is 2. The fraction of sp³-hybridized carbons (Fsp3) is 0.636. The number of allylic oxidation sites excluding steroid dienone is 1. The van der Waals surface area contributed by atoms with Gasteiger partial charge in [-0.1, -0.05) is 30.7 Å². The Balaban J connectivity index is -0.000000980. The van der Waals surface area contributed by atoms with Crippen LogP contribution in [0.1, 0.15) is 34.6 Å². The summed E-state index contributed by atoms with van der Waals surface area (Å²) in [4.78, 5) is 21.8. The molecule has 0 aromatic carbocycles. The van der Waals surface area contributed by atoms with E-state index in [1.54, 1.807) is 0 Å². The number of carbonyl (C=O) groups is 2. The zero-order valence-corrected chi connectivity index (χ0v) is 21.8. The monoisotopic (exact) mass is 380 g/mol. The van der Waals surface area contributed by atoms with Crippen molar-refractivity contribution in [3.63, 3.8) is 0 Å². The van der Waals surface area contributed by atoms with E-state index in [2.05, 4.69) is 10.6 Å². The minimum absolute atomic E-state index is 0. The molecule has 0 aromatic heterocycles. The van der Waals surface area contributed by atoms with E-state index >= 15 is 0 Å². The molecule has 0 aromatic rings. The number of nitrogens with zero attached hydrogens (tertiary/aromatic N) is 2. The van der Waals surface area contributed by atoms with E-state index in [4.69, 9.17) is 0 Å². The van der Waals surface area contributed by atoms with Gasteiger partial charge in [0, 0.05) is 11.8 Å². The first-order chi connectivity index (χ1) is 6.84.